The molecular formula is C34H27ClN2O5. The summed E-state index contributed by atoms with van der Waals surface area (Å²) in [6, 6.07) is 22.5. The Morgan fingerprint density at radius 1 is 0.905 bits per heavy atom. The highest BCUT2D eigenvalue weighted by atomic mass is 35.5. The largest absolute Gasteiger partial charge is 0.451 e. The summed E-state index contributed by atoms with van der Waals surface area (Å²) >= 11 is 6.03. The first-order valence-corrected chi connectivity index (χ1v) is 14.6. The van der Waals surface area contributed by atoms with Crippen molar-refractivity contribution >= 4 is 51.8 Å². The normalized spacial score (nSPS) is 23.3. The highest BCUT2D eigenvalue weighted by molar-refractivity contribution is 6.31. The molecule has 4 aromatic rings. The van der Waals surface area contributed by atoms with Crippen molar-refractivity contribution in [2.75, 3.05) is 4.90 Å². The van der Waals surface area contributed by atoms with Crippen LogP contribution in [-0.4, -0.2) is 34.7 Å². The fraction of sp³-hybridized carbons (Fsp3) is 0.265. The molecule has 5 atom stereocenters. The minimum absolute atomic E-state index is 0.0831. The van der Waals surface area contributed by atoms with E-state index in [1.807, 2.05) is 6.07 Å². The van der Waals surface area contributed by atoms with Crippen molar-refractivity contribution in [1.82, 2.24) is 4.98 Å². The predicted molar refractivity (Wildman–Crippen MR) is 158 cm³/mol. The number of Topliss-reactive ketones (excluding diaryl/α,β-unsaturated/α-hetero) is 1. The zero-order valence-electron chi connectivity index (χ0n) is 22.8. The Balaban J connectivity index is 1.16. The van der Waals surface area contributed by atoms with E-state index in [-0.39, 0.29) is 35.0 Å². The van der Waals surface area contributed by atoms with Gasteiger partial charge in [0.15, 0.2) is 6.10 Å². The Bertz CT molecular complexity index is 1760. The Labute approximate surface area is 247 Å². The fourth-order valence-corrected chi connectivity index (χ4v) is 7.28. The first kappa shape index (κ1) is 26.5. The first-order valence-electron chi connectivity index (χ1n) is 14.2. The number of carbonyl (C=O) groups excluding carboxylic acids is 4. The second kappa shape index (κ2) is 10.2. The number of anilines is 1. The molecule has 3 fully saturated rings. The van der Waals surface area contributed by atoms with Crippen LogP contribution in [0.4, 0.5) is 5.69 Å². The van der Waals surface area contributed by atoms with E-state index >= 15 is 0 Å². The van der Waals surface area contributed by atoms with Gasteiger partial charge >= 0.3 is 5.97 Å². The van der Waals surface area contributed by atoms with Gasteiger partial charge in [0, 0.05) is 21.5 Å². The van der Waals surface area contributed by atoms with Crippen LogP contribution < -0.4 is 4.90 Å². The maximum atomic E-state index is 13.4. The zero-order valence-corrected chi connectivity index (χ0v) is 23.6. The third-order valence-corrected chi connectivity index (χ3v) is 9.28. The minimum atomic E-state index is -1.03. The van der Waals surface area contributed by atoms with Crippen LogP contribution in [0.5, 0.6) is 0 Å². The van der Waals surface area contributed by atoms with E-state index in [9.17, 15) is 19.2 Å². The van der Waals surface area contributed by atoms with Gasteiger partial charge in [0.2, 0.25) is 17.6 Å². The lowest BCUT2D eigenvalue weighted by Crippen LogP contribution is -2.32. The van der Waals surface area contributed by atoms with Gasteiger partial charge in [-0.1, -0.05) is 54.1 Å². The second-order valence-corrected chi connectivity index (χ2v) is 11.9. The van der Waals surface area contributed by atoms with E-state index in [2.05, 4.69) is 0 Å². The van der Waals surface area contributed by atoms with Gasteiger partial charge in [-0.05, 0) is 74.4 Å². The van der Waals surface area contributed by atoms with Crippen LogP contribution in [0.25, 0.3) is 22.2 Å². The number of ether oxygens (including phenoxy) is 1. The number of fused-ring (bicyclic) bond motifs is 6. The summed E-state index contributed by atoms with van der Waals surface area (Å²) < 4.78 is 5.62. The highest BCUT2D eigenvalue weighted by Crippen LogP contribution is 2.56. The molecule has 0 spiro atoms. The van der Waals surface area contributed by atoms with Crippen molar-refractivity contribution in [3.63, 3.8) is 0 Å². The van der Waals surface area contributed by atoms with Crippen LogP contribution in [-0.2, 0) is 14.3 Å². The quantitative estimate of drug-likeness (QED) is 0.147. The molecule has 0 radical (unpaired) electrons. The van der Waals surface area contributed by atoms with Crippen molar-refractivity contribution < 1.29 is 23.9 Å². The molecule has 42 heavy (non-hydrogen) atoms. The number of amides is 2. The number of carbonyl (C=O) groups is 4. The third kappa shape index (κ3) is 4.31. The SMILES string of the molecule is C[C@H](OC(=O)c1cc(-c2ccc(N3C(=O)[C@H]4[C@@H]5CC[C@@H](C5)[C@@H]4C3=O)cc2)nc2ccccc12)C(=O)c1cccc(Cl)c1. The van der Waals surface area contributed by atoms with Crippen molar-refractivity contribution in [3.8, 4) is 11.3 Å². The smallest absolute Gasteiger partial charge is 0.339 e. The lowest BCUT2D eigenvalue weighted by molar-refractivity contribution is -0.123. The van der Waals surface area contributed by atoms with Crippen LogP contribution in [0.15, 0.2) is 78.9 Å². The lowest BCUT2D eigenvalue weighted by Gasteiger charge is -2.19. The summed E-state index contributed by atoms with van der Waals surface area (Å²) in [7, 11) is 0. The maximum absolute atomic E-state index is 13.4. The Morgan fingerprint density at radius 3 is 2.29 bits per heavy atom. The number of ketones is 1. The van der Waals surface area contributed by atoms with Gasteiger partial charge in [-0.25, -0.2) is 9.78 Å². The molecule has 2 aliphatic carbocycles. The Morgan fingerprint density at radius 2 is 1.60 bits per heavy atom. The molecule has 0 unspecified atom stereocenters. The molecule has 2 heterocycles. The highest BCUT2D eigenvalue weighted by Gasteiger charge is 2.61. The fourth-order valence-electron chi connectivity index (χ4n) is 7.09. The summed E-state index contributed by atoms with van der Waals surface area (Å²) in [6.45, 7) is 1.53. The van der Waals surface area contributed by atoms with Gasteiger partial charge < -0.3 is 4.74 Å². The molecule has 7 rings (SSSR count). The van der Waals surface area contributed by atoms with Gasteiger partial charge in [-0.15, -0.1) is 0 Å². The summed E-state index contributed by atoms with van der Waals surface area (Å²) in [5.74, 6) is -0.888. The molecule has 2 amide bonds. The van der Waals surface area contributed by atoms with Crippen LogP contribution in [0.2, 0.25) is 5.02 Å². The number of hydrogen-bond donors (Lipinski definition) is 0. The molecule has 1 aliphatic heterocycles. The summed E-state index contributed by atoms with van der Waals surface area (Å²) in [5.41, 5.74) is 3.01. The molecular weight excluding hydrogens is 552 g/mol. The minimum Gasteiger partial charge on any atom is -0.451 e. The van der Waals surface area contributed by atoms with Gasteiger partial charge in [0.25, 0.3) is 0 Å². The molecule has 0 N–H and O–H groups in total. The molecule has 8 heteroatoms. The van der Waals surface area contributed by atoms with Crippen LogP contribution in [0, 0.1) is 23.7 Å². The number of hydrogen-bond acceptors (Lipinski definition) is 6. The Hall–Kier alpha value is -4.36. The van der Waals surface area contributed by atoms with Gasteiger partial charge in [0.05, 0.1) is 34.3 Å². The maximum Gasteiger partial charge on any atom is 0.339 e. The van der Waals surface area contributed by atoms with Crippen LogP contribution in [0.3, 0.4) is 0 Å². The standard InChI is InChI=1S/C34H27ClN2O5/c1-18(31(38)22-5-4-6-23(35)16-22)42-34(41)26-17-28(36-27-8-3-2-7-25(26)27)19-11-13-24(14-12-19)37-32(39)29-20-9-10-21(15-20)30(29)33(37)40/h2-8,11-14,16-18,20-21,29-30H,9-10,15H2,1H3/t18-,20-,21+,29-,30-/m0/s1. The number of imide groups is 1. The first-order chi connectivity index (χ1) is 20.3. The Kier molecular flexibility index (Phi) is 6.43. The third-order valence-electron chi connectivity index (χ3n) is 9.05. The average Bonchev–Trinajstić information content (AvgIpc) is 3.69. The van der Waals surface area contributed by atoms with E-state index in [1.54, 1.807) is 66.7 Å². The average molecular weight is 579 g/mol. The van der Waals surface area contributed by atoms with E-state index in [4.69, 9.17) is 21.3 Å². The number of benzene rings is 3. The van der Waals surface area contributed by atoms with Gasteiger partial charge in [-0.2, -0.15) is 0 Å². The zero-order chi connectivity index (χ0) is 29.1. The number of pyridine rings is 1. The molecule has 3 aliphatic rings. The number of halogens is 1. The number of nitrogens with zero attached hydrogens (tertiary/aromatic N) is 2. The van der Waals surface area contributed by atoms with Gasteiger partial charge in [0.1, 0.15) is 0 Å². The summed E-state index contributed by atoms with van der Waals surface area (Å²) in [4.78, 5) is 58.9. The second-order valence-electron chi connectivity index (χ2n) is 11.4. The topological polar surface area (TPSA) is 93.6 Å². The predicted octanol–water partition coefficient (Wildman–Crippen LogP) is 6.52. The number of aromatic nitrogens is 1. The molecule has 7 nitrogen and oxygen atoms in total. The van der Waals surface area contributed by atoms with E-state index in [0.717, 1.165) is 19.3 Å². The molecule has 2 saturated carbocycles. The van der Waals surface area contributed by atoms with E-state index in [0.29, 0.717) is 50.3 Å². The van der Waals surface area contributed by atoms with Crippen molar-refractivity contribution in [2.24, 2.45) is 23.7 Å². The molecule has 2 bridgehead atoms. The summed E-state index contributed by atoms with van der Waals surface area (Å²) in [6.07, 6.45) is 2.02. The number of para-hydroxylation sites is 1. The number of rotatable bonds is 6. The number of esters is 1. The molecule has 1 saturated heterocycles. The van der Waals surface area contributed by atoms with Crippen molar-refractivity contribution in [2.45, 2.75) is 32.3 Å². The molecule has 210 valence electrons. The van der Waals surface area contributed by atoms with Crippen molar-refractivity contribution in [1.29, 1.82) is 0 Å². The van der Waals surface area contributed by atoms with Crippen LogP contribution in [0.1, 0.15) is 46.9 Å². The summed E-state index contributed by atoms with van der Waals surface area (Å²) in [5, 5.41) is 1.02. The van der Waals surface area contributed by atoms with Crippen molar-refractivity contribution in [3.05, 3.63) is 95.0 Å². The van der Waals surface area contributed by atoms with Crippen LogP contribution >= 0.6 is 11.6 Å². The van der Waals surface area contributed by atoms with Gasteiger partial charge in [-0.3, -0.25) is 19.3 Å². The van der Waals surface area contributed by atoms with E-state index < -0.39 is 12.1 Å². The lowest BCUT2D eigenvalue weighted by atomic mass is 9.81. The van der Waals surface area contributed by atoms with E-state index in [1.165, 1.54) is 17.9 Å². The molecule has 1 aromatic heterocycles. The monoisotopic (exact) mass is 578 g/mol. The molecule has 3 aromatic carbocycles.